The van der Waals surface area contributed by atoms with Crippen molar-refractivity contribution >= 4 is 21.6 Å². The molecule has 1 aliphatic rings. The van der Waals surface area contributed by atoms with Gasteiger partial charge in [-0.2, -0.15) is 0 Å². The van der Waals surface area contributed by atoms with Crippen LogP contribution in [0.2, 0.25) is 0 Å². The monoisotopic (exact) mass is 289 g/mol. The van der Waals surface area contributed by atoms with Crippen LogP contribution in [-0.4, -0.2) is 19.0 Å². The van der Waals surface area contributed by atoms with Crippen LogP contribution in [-0.2, 0) is 0 Å². The third-order valence-electron chi connectivity index (χ3n) is 2.89. The highest BCUT2D eigenvalue weighted by atomic mass is 79.9. The molecular formula is C12H14BrF2N. The minimum atomic E-state index is -2.49. The molecule has 4 heteroatoms. The topological polar surface area (TPSA) is 3.24 Å². The molecule has 1 aliphatic heterocycles. The maximum atomic E-state index is 13.2. The molecule has 0 aromatic heterocycles. The maximum Gasteiger partial charge on any atom is 0.249 e. The third kappa shape index (κ3) is 2.94. The van der Waals surface area contributed by atoms with Crippen LogP contribution < -0.4 is 4.90 Å². The minimum absolute atomic E-state index is 0.0114. The van der Waals surface area contributed by atoms with Crippen molar-refractivity contribution < 1.29 is 8.78 Å². The molecule has 0 bridgehead atoms. The second kappa shape index (κ2) is 4.70. The van der Waals surface area contributed by atoms with Crippen molar-refractivity contribution in [1.29, 1.82) is 0 Å². The van der Waals surface area contributed by atoms with Crippen molar-refractivity contribution in [3.8, 4) is 0 Å². The summed E-state index contributed by atoms with van der Waals surface area (Å²) in [5, 5.41) is 0. The van der Waals surface area contributed by atoms with Gasteiger partial charge in [0.2, 0.25) is 5.92 Å². The van der Waals surface area contributed by atoms with Crippen LogP contribution >= 0.6 is 15.9 Å². The van der Waals surface area contributed by atoms with Crippen molar-refractivity contribution in [3.05, 3.63) is 28.7 Å². The Morgan fingerprint density at radius 3 is 2.75 bits per heavy atom. The van der Waals surface area contributed by atoms with E-state index in [4.69, 9.17) is 0 Å². The molecule has 88 valence electrons. The number of benzene rings is 1. The summed E-state index contributed by atoms with van der Waals surface area (Å²) in [6.07, 6.45) is 0.524. The van der Waals surface area contributed by atoms with Crippen LogP contribution in [0.4, 0.5) is 14.5 Å². The maximum absolute atomic E-state index is 13.2. The Hall–Kier alpha value is -0.640. The molecular weight excluding hydrogens is 276 g/mol. The summed E-state index contributed by atoms with van der Waals surface area (Å²) in [7, 11) is 0. The van der Waals surface area contributed by atoms with E-state index in [1.165, 1.54) is 0 Å². The van der Waals surface area contributed by atoms with E-state index < -0.39 is 5.92 Å². The number of nitrogens with zero attached hydrogens (tertiary/aromatic N) is 1. The number of halogens is 3. The van der Waals surface area contributed by atoms with Crippen molar-refractivity contribution in [2.75, 3.05) is 18.0 Å². The summed E-state index contributed by atoms with van der Waals surface area (Å²) < 4.78 is 27.4. The number of hydrogen-bond acceptors (Lipinski definition) is 1. The van der Waals surface area contributed by atoms with E-state index in [0.717, 1.165) is 10.2 Å². The van der Waals surface area contributed by atoms with Crippen LogP contribution in [0.25, 0.3) is 0 Å². The third-order valence-corrected chi connectivity index (χ3v) is 3.38. The lowest BCUT2D eigenvalue weighted by Crippen LogP contribution is -2.25. The highest BCUT2D eigenvalue weighted by Gasteiger charge is 2.31. The van der Waals surface area contributed by atoms with E-state index in [1.54, 1.807) is 0 Å². The summed E-state index contributed by atoms with van der Waals surface area (Å²) >= 11 is 3.40. The van der Waals surface area contributed by atoms with Gasteiger partial charge in [0.15, 0.2) is 0 Å². The molecule has 1 saturated heterocycles. The molecule has 1 aromatic rings. The summed E-state index contributed by atoms with van der Waals surface area (Å²) in [6.45, 7) is 1.15. The highest BCUT2D eigenvalue weighted by molar-refractivity contribution is 9.10. The molecule has 0 radical (unpaired) electrons. The standard InChI is InChI=1S/C12H14BrF2N/c13-10-3-1-4-11(9-10)16-7-2-5-12(14,15)6-8-16/h1,3-4,9H,2,5-8H2. The van der Waals surface area contributed by atoms with Crippen molar-refractivity contribution in [3.63, 3.8) is 0 Å². The van der Waals surface area contributed by atoms with E-state index in [9.17, 15) is 8.78 Å². The fourth-order valence-corrected chi connectivity index (χ4v) is 2.38. The van der Waals surface area contributed by atoms with Crippen LogP contribution in [0.3, 0.4) is 0 Å². The van der Waals surface area contributed by atoms with E-state index in [-0.39, 0.29) is 12.8 Å². The molecule has 0 spiro atoms. The predicted octanol–water partition coefficient (Wildman–Crippen LogP) is 4.07. The zero-order chi connectivity index (χ0) is 11.6. The SMILES string of the molecule is FC1(F)CCCN(c2cccc(Br)c2)CC1. The van der Waals surface area contributed by atoms with Crippen molar-refractivity contribution in [2.45, 2.75) is 25.2 Å². The Morgan fingerprint density at radius 1 is 1.19 bits per heavy atom. The largest absolute Gasteiger partial charge is 0.371 e. The van der Waals surface area contributed by atoms with E-state index in [1.807, 2.05) is 29.2 Å². The Kier molecular flexibility index (Phi) is 3.47. The van der Waals surface area contributed by atoms with Gasteiger partial charge in [0.1, 0.15) is 0 Å². The molecule has 2 rings (SSSR count). The lowest BCUT2D eigenvalue weighted by Gasteiger charge is -2.22. The van der Waals surface area contributed by atoms with Crippen LogP contribution in [0.5, 0.6) is 0 Å². The molecule has 0 N–H and O–H groups in total. The lowest BCUT2D eigenvalue weighted by molar-refractivity contribution is -0.0102. The molecule has 1 heterocycles. The molecule has 1 nitrogen and oxygen atoms in total. The quantitative estimate of drug-likeness (QED) is 0.753. The van der Waals surface area contributed by atoms with Gasteiger partial charge in [0, 0.05) is 36.1 Å². The Labute approximate surface area is 103 Å². The first-order valence-corrected chi connectivity index (χ1v) is 6.24. The van der Waals surface area contributed by atoms with E-state index >= 15 is 0 Å². The number of anilines is 1. The summed E-state index contributed by atoms with van der Waals surface area (Å²) in [4.78, 5) is 2.03. The minimum Gasteiger partial charge on any atom is -0.371 e. The van der Waals surface area contributed by atoms with Gasteiger partial charge in [0.05, 0.1) is 0 Å². The summed E-state index contributed by atoms with van der Waals surface area (Å²) in [5.41, 5.74) is 1.02. The lowest BCUT2D eigenvalue weighted by atomic mass is 10.1. The van der Waals surface area contributed by atoms with Crippen LogP contribution in [0.15, 0.2) is 28.7 Å². The van der Waals surface area contributed by atoms with Gasteiger partial charge in [-0.05, 0) is 24.6 Å². The molecule has 1 fully saturated rings. The Bertz CT molecular complexity index is 368. The summed E-state index contributed by atoms with van der Waals surface area (Å²) in [6, 6.07) is 7.82. The smallest absolute Gasteiger partial charge is 0.249 e. The molecule has 0 amide bonds. The second-order valence-electron chi connectivity index (χ2n) is 4.18. The Balaban J connectivity index is 2.11. The molecule has 0 atom stereocenters. The average molecular weight is 290 g/mol. The molecule has 0 unspecified atom stereocenters. The van der Waals surface area contributed by atoms with Gasteiger partial charge in [-0.1, -0.05) is 22.0 Å². The fourth-order valence-electron chi connectivity index (χ4n) is 1.99. The van der Waals surface area contributed by atoms with Crippen LogP contribution in [0, 0.1) is 0 Å². The molecule has 0 saturated carbocycles. The first kappa shape index (κ1) is 11.8. The molecule has 1 aromatic carbocycles. The predicted molar refractivity (Wildman–Crippen MR) is 65.2 cm³/mol. The van der Waals surface area contributed by atoms with Gasteiger partial charge in [-0.25, -0.2) is 8.78 Å². The number of hydrogen-bond donors (Lipinski definition) is 0. The summed E-state index contributed by atoms with van der Waals surface area (Å²) in [5.74, 6) is -2.49. The fraction of sp³-hybridized carbons (Fsp3) is 0.500. The van der Waals surface area contributed by atoms with Crippen molar-refractivity contribution in [1.82, 2.24) is 0 Å². The number of rotatable bonds is 1. The zero-order valence-corrected chi connectivity index (χ0v) is 10.5. The zero-order valence-electron chi connectivity index (χ0n) is 8.93. The van der Waals surface area contributed by atoms with Gasteiger partial charge >= 0.3 is 0 Å². The molecule has 16 heavy (non-hydrogen) atoms. The number of alkyl halides is 2. The van der Waals surface area contributed by atoms with E-state index in [0.29, 0.717) is 19.5 Å². The average Bonchev–Trinajstić information content (AvgIpc) is 2.39. The van der Waals surface area contributed by atoms with Crippen LogP contribution in [0.1, 0.15) is 19.3 Å². The highest BCUT2D eigenvalue weighted by Crippen LogP contribution is 2.30. The first-order chi connectivity index (χ1) is 7.57. The van der Waals surface area contributed by atoms with Gasteiger partial charge in [0.25, 0.3) is 0 Å². The van der Waals surface area contributed by atoms with Gasteiger partial charge in [-0.15, -0.1) is 0 Å². The van der Waals surface area contributed by atoms with E-state index in [2.05, 4.69) is 15.9 Å². The van der Waals surface area contributed by atoms with Crippen molar-refractivity contribution in [2.24, 2.45) is 0 Å². The second-order valence-corrected chi connectivity index (χ2v) is 5.09. The first-order valence-electron chi connectivity index (χ1n) is 5.45. The van der Waals surface area contributed by atoms with Gasteiger partial charge < -0.3 is 4.90 Å². The normalized spacial score (nSPS) is 20.6. The Morgan fingerprint density at radius 2 is 2.00 bits per heavy atom. The molecule has 0 aliphatic carbocycles. The van der Waals surface area contributed by atoms with Gasteiger partial charge in [-0.3, -0.25) is 0 Å².